The zero-order chi connectivity index (χ0) is 11.5. The molecule has 0 aliphatic carbocycles. The number of thiophene rings is 1. The SMILES string of the molecule is Cc1ccc(Br)cc1OCc1sccc1Br. The van der Waals surface area contributed by atoms with E-state index < -0.39 is 0 Å². The van der Waals surface area contributed by atoms with E-state index in [1.807, 2.05) is 31.2 Å². The fraction of sp³-hybridized carbons (Fsp3) is 0.167. The second-order valence-corrected chi connectivity index (χ2v) is 6.16. The molecule has 1 aromatic carbocycles. The topological polar surface area (TPSA) is 9.23 Å². The van der Waals surface area contributed by atoms with E-state index in [4.69, 9.17) is 4.74 Å². The van der Waals surface area contributed by atoms with Gasteiger partial charge in [-0.05, 0) is 52.0 Å². The molecular formula is C12H10Br2OS. The first-order chi connectivity index (χ1) is 7.66. The molecule has 0 unspecified atom stereocenters. The maximum absolute atomic E-state index is 5.79. The highest BCUT2D eigenvalue weighted by Gasteiger charge is 2.04. The molecule has 2 aromatic rings. The Morgan fingerprint density at radius 1 is 1.25 bits per heavy atom. The molecule has 0 bridgehead atoms. The molecule has 0 saturated heterocycles. The number of ether oxygens (including phenoxy) is 1. The average Bonchev–Trinajstić information content (AvgIpc) is 2.66. The lowest BCUT2D eigenvalue weighted by Crippen LogP contribution is -1.95. The van der Waals surface area contributed by atoms with Crippen molar-refractivity contribution in [3.63, 3.8) is 0 Å². The smallest absolute Gasteiger partial charge is 0.124 e. The minimum absolute atomic E-state index is 0.607. The molecule has 0 spiro atoms. The molecule has 16 heavy (non-hydrogen) atoms. The van der Waals surface area contributed by atoms with Crippen molar-refractivity contribution in [3.05, 3.63) is 49.0 Å². The lowest BCUT2D eigenvalue weighted by atomic mass is 10.2. The third-order valence-electron chi connectivity index (χ3n) is 2.20. The summed E-state index contributed by atoms with van der Waals surface area (Å²) in [7, 11) is 0. The van der Waals surface area contributed by atoms with Crippen LogP contribution in [0.4, 0.5) is 0 Å². The normalized spacial score (nSPS) is 10.4. The number of aryl methyl sites for hydroxylation is 1. The Hall–Kier alpha value is -0.320. The maximum atomic E-state index is 5.79. The predicted octanol–water partition coefficient (Wildman–Crippen LogP) is 5.16. The molecule has 2 rings (SSSR count). The second kappa shape index (κ2) is 5.34. The largest absolute Gasteiger partial charge is 0.488 e. The van der Waals surface area contributed by atoms with Crippen LogP contribution in [0, 0.1) is 6.92 Å². The number of hydrogen-bond acceptors (Lipinski definition) is 2. The van der Waals surface area contributed by atoms with Gasteiger partial charge in [-0.15, -0.1) is 11.3 Å². The zero-order valence-electron chi connectivity index (χ0n) is 8.67. The number of hydrogen-bond donors (Lipinski definition) is 0. The van der Waals surface area contributed by atoms with Crippen LogP contribution in [0.25, 0.3) is 0 Å². The molecule has 0 fully saturated rings. The molecule has 84 valence electrons. The summed E-state index contributed by atoms with van der Waals surface area (Å²) in [5.74, 6) is 0.926. The fourth-order valence-electron chi connectivity index (χ4n) is 1.30. The molecular weight excluding hydrogens is 352 g/mol. The first kappa shape index (κ1) is 12.1. The maximum Gasteiger partial charge on any atom is 0.124 e. The highest BCUT2D eigenvalue weighted by atomic mass is 79.9. The summed E-state index contributed by atoms with van der Waals surface area (Å²) in [4.78, 5) is 1.21. The molecule has 4 heteroatoms. The van der Waals surface area contributed by atoms with Crippen LogP contribution in [-0.2, 0) is 6.61 Å². The third-order valence-corrected chi connectivity index (χ3v) is 4.59. The summed E-state index contributed by atoms with van der Waals surface area (Å²) in [6, 6.07) is 8.10. The van der Waals surface area contributed by atoms with Crippen molar-refractivity contribution in [1.82, 2.24) is 0 Å². The zero-order valence-corrected chi connectivity index (χ0v) is 12.7. The van der Waals surface area contributed by atoms with E-state index in [9.17, 15) is 0 Å². The molecule has 1 aromatic heterocycles. The molecule has 0 radical (unpaired) electrons. The molecule has 0 aliphatic heterocycles. The van der Waals surface area contributed by atoms with Gasteiger partial charge in [-0.2, -0.15) is 0 Å². The monoisotopic (exact) mass is 360 g/mol. The van der Waals surface area contributed by atoms with Crippen molar-refractivity contribution in [2.75, 3.05) is 0 Å². The van der Waals surface area contributed by atoms with E-state index >= 15 is 0 Å². The summed E-state index contributed by atoms with van der Waals surface area (Å²) in [6.45, 7) is 2.65. The van der Waals surface area contributed by atoms with Crippen molar-refractivity contribution in [2.24, 2.45) is 0 Å². The molecule has 0 aliphatic rings. The van der Waals surface area contributed by atoms with Crippen LogP contribution < -0.4 is 4.74 Å². The van der Waals surface area contributed by atoms with Crippen molar-refractivity contribution in [1.29, 1.82) is 0 Å². The molecule has 1 nitrogen and oxygen atoms in total. The Bertz CT molecular complexity index is 494. The van der Waals surface area contributed by atoms with E-state index in [0.717, 1.165) is 20.3 Å². The summed E-state index contributed by atoms with van der Waals surface area (Å²) in [5, 5.41) is 2.05. The Morgan fingerprint density at radius 2 is 2.06 bits per heavy atom. The van der Waals surface area contributed by atoms with E-state index in [2.05, 4.69) is 37.2 Å². The minimum Gasteiger partial charge on any atom is -0.488 e. The summed E-state index contributed by atoms with van der Waals surface area (Å²) < 4.78 is 7.95. The summed E-state index contributed by atoms with van der Waals surface area (Å²) in [5.41, 5.74) is 1.15. The van der Waals surface area contributed by atoms with Gasteiger partial charge in [0.1, 0.15) is 12.4 Å². The van der Waals surface area contributed by atoms with Crippen molar-refractivity contribution in [2.45, 2.75) is 13.5 Å². The van der Waals surface area contributed by atoms with Gasteiger partial charge < -0.3 is 4.74 Å². The lowest BCUT2D eigenvalue weighted by Gasteiger charge is -2.08. The van der Waals surface area contributed by atoms with Crippen LogP contribution in [0.2, 0.25) is 0 Å². The van der Waals surface area contributed by atoms with Gasteiger partial charge in [0.25, 0.3) is 0 Å². The van der Waals surface area contributed by atoms with Crippen LogP contribution in [0.3, 0.4) is 0 Å². The highest BCUT2D eigenvalue weighted by Crippen LogP contribution is 2.27. The fourth-order valence-corrected chi connectivity index (χ4v) is 3.02. The van der Waals surface area contributed by atoms with Crippen LogP contribution in [0.1, 0.15) is 10.4 Å². The first-order valence-corrected chi connectivity index (χ1v) is 7.24. The van der Waals surface area contributed by atoms with Crippen LogP contribution in [0.5, 0.6) is 5.75 Å². The van der Waals surface area contributed by atoms with Crippen LogP contribution >= 0.6 is 43.2 Å². The number of rotatable bonds is 3. The van der Waals surface area contributed by atoms with Gasteiger partial charge in [0, 0.05) is 8.95 Å². The van der Waals surface area contributed by atoms with Crippen LogP contribution in [-0.4, -0.2) is 0 Å². The van der Waals surface area contributed by atoms with Gasteiger partial charge in [0.15, 0.2) is 0 Å². The standard InChI is InChI=1S/C12H10Br2OS/c1-8-2-3-9(13)6-11(8)15-7-12-10(14)4-5-16-12/h2-6H,7H2,1H3. The van der Waals surface area contributed by atoms with Crippen molar-refractivity contribution < 1.29 is 4.74 Å². The predicted molar refractivity (Wildman–Crippen MR) is 75.2 cm³/mol. The van der Waals surface area contributed by atoms with Crippen molar-refractivity contribution in [3.8, 4) is 5.75 Å². The average molecular weight is 362 g/mol. The Kier molecular flexibility index (Phi) is 4.05. The lowest BCUT2D eigenvalue weighted by molar-refractivity contribution is 0.307. The Balaban J connectivity index is 2.10. The summed E-state index contributed by atoms with van der Waals surface area (Å²) >= 11 is 8.63. The Morgan fingerprint density at radius 3 is 2.75 bits per heavy atom. The number of halogens is 2. The van der Waals surface area contributed by atoms with Gasteiger partial charge >= 0.3 is 0 Å². The van der Waals surface area contributed by atoms with E-state index in [1.54, 1.807) is 11.3 Å². The quantitative estimate of drug-likeness (QED) is 0.733. The molecule has 1 heterocycles. The first-order valence-electron chi connectivity index (χ1n) is 4.77. The van der Waals surface area contributed by atoms with Crippen molar-refractivity contribution >= 4 is 43.2 Å². The van der Waals surface area contributed by atoms with E-state index in [-0.39, 0.29) is 0 Å². The highest BCUT2D eigenvalue weighted by molar-refractivity contribution is 9.10. The van der Waals surface area contributed by atoms with E-state index in [1.165, 1.54) is 4.88 Å². The van der Waals surface area contributed by atoms with Gasteiger partial charge in [0.05, 0.1) is 4.88 Å². The van der Waals surface area contributed by atoms with Crippen LogP contribution in [0.15, 0.2) is 38.6 Å². The number of benzene rings is 1. The molecule has 0 N–H and O–H groups in total. The minimum atomic E-state index is 0.607. The Labute approximate surface area is 116 Å². The molecule has 0 saturated carbocycles. The van der Waals surface area contributed by atoms with E-state index in [0.29, 0.717) is 6.61 Å². The van der Waals surface area contributed by atoms with Gasteiger partial charge in [0.2, 0.25) is 0 Å². The third kappa shape index (κ3) is 2.87. The molecule has 0 atom stereocenters. The van der Waals surface area contributed by atoms with Gasteiger partial charge in [-0.3, -0.25) is 0 Å². The second-order valence-electron chi connectivity index (χ2n) is 3.39. The van der Waals surface area contributed by atoms with Gasteiger partial charge in [-0.25, -0.2) is 0 Å². The molecule has 0 amide bonds. The summed E-state index contributed by atoms with van der Waals surface area (Å²) in [6.07, 6.45) is 0. The van der Waals surface area contributed by atoms with Gasteiger partial charge in [-0.1, -0.05) is 22.0 Å².